The quantitative estimate of drug-likeness (QED) is 0.523. The van der Waals surface area contributed by atoms with Gasteiger partial charge in [-0.05, 0) is 63.9 Å². The lowest BCUT2D eigenvalue weighted by Gasteiger charge is -2.31. The van der Waals surface area contributed by atoms with Crippen LogP contribution in [0.5, 0.6) is 5.88 Å². The van der Waals surface area contributed by atoms with Gasteiger partial charge in [-0.15, -0.1) is 0 Å². The fourth-order valence-corrected chi connectivity index (χ4v) is 5.13. The maximum atomic E-state index is 14.7. The Bertz CT molecular complexity index is 1030. The molecular weight excluding hydrogens is 461 g/mol. The van der Waals surface area contributed by atoms with Crippen molar-refractivity contribution >= 4 is 0 Å². The van der Waals surface area contributed by atoms with Gasteiger partial charge in [0.2, 0.25) is 5.88 Å². The van der Waals surface area contributed by atoms with Crippen LogP contribution in [-0.2, 0) is 15.9 Å². The number of pyridine rings is 1. The molecule has 2 fully saturated rings. The summed E-state index contributed by atoms with van der Waals surface area (Å²) in [5, 5.41) is 13.3. The van der Waals surface area contributed by atoms with Gasteiger partial charge < -0.3 is 19.5 Å². The monoisotopic (exact) mass is 497 g/mol. The fraction of sp³-hybridized carbons (Fsp3) is 0.630. The third-order valence-electron chi connectivity index (χ3n) is 7.27. The Morgan fingerprint density at radius 3 is 2.72 bits per heavy atom. The van der Waals surface area contributed by atoms with Gasteiger partial charge in [0.05, 0.1) is 42.4 Å². The minimum atomic E-state index is -0.596. The Morgan fingerprint density at radius 2 is 2.00 bits per heavy atom. The number of hydrogen-bond donors (Lipinski definition) is 1. The van der Waals surface area contributed by atoms with E-state index in [1.54, 1.807) is 13.2 Å². The van der Waals surface area contributed by atoms with Crippen molar-refractivity contribution in [2.75, 3.05) is 33.5 Å². The number of aromatic nitrogens is 3. The molecule has 1 atom stereocenters. The van der Waals surface area contributed by atoms with Crippen LogP contribution >= 0.6 is 0 Å². The second-order valence-corrected chi connectivity index (χ2v) is 10.1. The maximum Gasteiger partial charge on any atom is 0.232 e. The van der Waals surface area contributed by atoms with Gasteiger partial charge in [-0.1, -0.05) is 0 Å². The zero-order valence-electron chi connectivity index (χ0n) is 21.2. The number of ether oxygens (including phenoxy) is 3. The van der Waals surface area contributed by atoms with Gasteiger partial charge in [0, 0.05) is 43.7 Å². The number of nitrogens with one attached hydrogen (secondary N) is 1. The number of nitriles is 1. The number of methoxy groups -OCH3 is 1. The van der Waals surface area contributed by atoms with Crippen LogP contribution in [0.3, 0.4) is 0 Å². The highest BCUT2D eigenvalue weighted by atomic mass is 19.1. The van der Waals surface area contributed by atoms with Crippen molar-refractivity contribution in [1.29, 1.82) is 5.26 Å². The molecule has 1 aliphatic heterocycles. The van der Waals surface area contributed by atoms with Gasteiger partial charge in [-0.2, -0.15) is 5.26 Å². The van der Waals surface area contributed by atoms with Crippen molar-refractivity contribution in [2.45, 2.75) is 64.0 Å². The summed E-state index contributed by atoms with van der Waals surface area (Å²) in [6.07, 6.45) is 10.8. The molecule has 2 aliphatic rings. The van der Waals surface area contributed by atoms with E-state index < -0.39 is 11.2 Å². The van der Waals surface area contributed by atoms with E-state index in [2.05, 4.69) is 33.3 Å². The predicted molar refractivity (Wildman–Crippen MR) is 133 cm³/mol. The first-order chi connectivity index (χ1) is 17.5. The summed E-state index contributed by atoms with van der Waals surface area (Å²) >= 11 is 0. The normalized spacial score (nSPS) is 22.5. The molecule has 0 bridgehead atoms. The molecule has 0 radical (unpaired) electrons. The predicted octanol–water partition coefficient (Wildman–Crippen LogP) is 4.10. The zero-order chi connectivity index (χ0) is 25.4. The molecule has 1 saturated carbocycles. The molecular formula is C27H36FN5O3. The third-order valence-corrected chi connectivity index (χ3v) is 7.27. The molecule has 4 rings (SSSR count). The van der Waals surface area contributed by atoms with E-state index in [0.29, 0.717) is 61.9 Å². The van der Waals surface area contributed by atoms with Crippen molar-refractivity contribution in [2.24, 2.45) is 11.3 Å². The van der Waals surface area contributed by atoms with E-state index in [-0.39, 0.29) is 12.5 Å². The summed E-state index contributed by atoms with van der Waals surface area (Å²) < 4.78 is 31.2. The highest BCUT2D eigenvalue weighted by Crippen LogP contribution is 2.31. The van der Waals surface area contributed by atoms with Crippen LogP contribution in [-0.4, -0.2) is 60.6 Å². The summed E-state index contributed by atoms with van der Waals surface area (Å²) in [6.45, 7) is 4.15. The van der Waals surface area contributed by atoms with E-state index >= 15 is 0 Å². The van der Waals surface area contributed by atoms with E-state index in [9.17, 15) is 9.65 Å². The summed E-state index contributed by atoms with van der Waals surface area (Å²) in [6, 6.07) is 5.02. The van der Waals surface area contributed by atoms with E-state index in [1.807, 2.05) is 0 Å². The standard InChI is InChI=1S/C27H36FN5O3/c1-19(16-34-2)32-21-5-3-20(4-6-21)11-22-12-23(24(28)13-31-22)25-14-30-15-26(33-25)36-18-27(17-29)7-9-35-10-8-27/h12-15,19-21,32H,3-11,16,18H2,1-2H3/t19-,20?,21?/m1/s1. The van der Waals surface area contributed by atoms with Crippen LogP contribution < -0.4 is 10.1 Å². The molecule has 1 N–H and O–H groups in total. The van der Waals surface area contributed by atoms with E-state index in [0.717, 1.165) is 37.8 Å². The molecule has 8 nitrogen and oxygen atoms in total. The number of nitrogens with zero attached hydrogens (tertiary/aromatic N) is 4. The van der Waals surface area contributed by atoms with Crippen LogP contribution in [0.25, 0.3) is 11.3 Å². The molecule has 1 saturated heterocycles. The zero-order valence-corrected chi connectivity index (χ0v) is 21.2. The fourth-order valence-electron chi connectivity index (χ4n) is 5.13. The molecule has 2 aromatic heterocycles. The average Bonchev–Trinajstić information content (AvgIpc) is 2.90. The Balaban J connectivity index is 1.37. The number of rotatable bonds is 10. The smallest absolute Gasteiger partial charge is 0.232 e. The number of hydrogen-bond acceptors (Lipinski definition) is 8. The molecule has 9 heteroatoms. The van der Waals surface area contributed by atoms with Gasteiger partial charge in [0.15, 0.2) is 5.82 Å². The number of halogens is 1. The molecule has 0 aromatic carbocycles. The van der Waals surface area contributed by atoms with Gasteiger partial charge in [-0.25, -0.2) is 9.37 Å². The van der Waals surface area contributed by atoms with Crippen molar-refractivity contribution in [3.05, 3.63) is 36.2 Å². The lowest BCUT2D eigenvalue weighted by Crippen LogP contribution is -2.41. The molecule has 1 aliphatic carbocycles. The second-order valence-electron chi connectivity index (χ2n) is 10.1. The Labute approximate surface area is 212 Å². The van der Waals surface area contributed by atoms with Crippen LogP contribution in [0, 0.1) is 28.5 Å². The van der Waals surface area contributed by atoms with Crippen LogP contribution in [0.1, 0.15) is 51.1 Å². The Hall–Kier alpha value is -2.67. The molecule has 3 heterocycles. The molecule has 194 valence electrons. The highest BCUT2D eigenvalue weighted by molar-refractivity contribution is 5.59. The van der Waals surface area contributed by atoms with Gasteiger partial charge in [0.1, 0.15) is 6.61 Å². The maximum absolute atomic E-state index is 14.7. The van der Waals surface area contributed by atoms with Crippen molar-refractivity contribution in [1.82, 2.24) is 20.3 Å². The Morgan fingerprint density at radius 1 is 1.22 bits per heavy atom. The first-order valence-corrected chi connectivity index (χ1v) is 12.8. The van der Waals surface area contributed by atoms with E-state index in [4.69, 9.17) is 14.2 Å². The minimum Gasteiger partial charge on any atom is -0.475 e. The lowest BCUT2D eigenvalue weighted by atomic mass is 9.83. The van der Waals surface area contributed by atoms with Crippen LogP contribution in [0.2, 0.25) is 0 Å². The minimum absolute atomic E-state index is 0.205. The largest absolute Gasteiger partial charge is 0.475 e. The van der Waals surface area contributed by atoms with Crippen molar-refractivity contribution < 1.29 is 18.6 Å². The molecule has 36 heavy (non-hydrogen) atoms. The summed E-state index contributed by atoms with van der Waals surface area (Å²) in [5.74, 6) is 0.358. The first-order valence-electron chi connectivity index (χ1n) is 12.8. The van der Waals surface area contributed by atoms with E-state index in [1.165, 1.54) is 18.6 Å². The molecule has 0 unspecified atom stereocenters. The lowest BCUT2D eigenvalue weighted by molar-refractivity contribution is 0.0182. The highest BCUT2D eigenvalue weighted by Gasteiger charge is 2.34. The SMILES string of the molecule is COC[C@@H](C)NC1CCC(Cc2cc(-c3cncc(OCC4(C#N)CCOCC4)n3)c(F)cn2)CC1. The summed E-state index contributed by atoms with van der Waals surface area (Å²) in [7, 11) is 1.73. The second kappa shape index (κ2) is 12.5. The van der Waals surface area contributed by atoms with Crippen molar-refractivity contribution in [3.8, 4) is 23.2 Å². The average molecular weight is 498 g/mol. The van der Waals surface area contributed by atoms with Crippen LogP contribution in [0.4, 0.5) is 4.39 Å². The van der Waals surface area contributed by atoms with Crippen LogP contribution in [0.15, 0.2) is 24.7 Å². The third kappa shape index (κ3) is 6.96. The summed E-state index contributed by atoms with van der Waals surface area (Å²) in [5.41, 5.74) is 1.02. The topological polar surface area (TPSA) is 102 Å². The van der Waals surface area contributed by atoms with Crippen molar-refractivity contribution in [3.63, 3.8) is 0 Å². The molecule has 0 amide bonds. The molecule has 0 spiro atoms. The summed E-state index contributed by atoms with van der Waals surface area (Å²) in [4.78, 5) is 13.0. The molecule has 2 aromatic rings. The Kier molecular flexibility index (Phi) is 9.19. The first kappa shape index (κ1) is 26.4. The van der Waals surface area contributed by atoms with Gasteiger partial charge in [-0.3, -0.25) is 9.97 Å². The van der Waals surface area contributed by atoms with Gasteiger partial charge >= 0.3 is 0 Å². The van der Waals surface area contributed by atoms with Gasteiger partial charge in [0.25, 0.3) is 0 Å².